The van der Waals surface area contributed by atoms with Crippen LogP contribution < -0.4 is 0 Å². The van der Waals surface area contributed by atoms with Crippen LogP contribution in [0.5, 0.6) is 0 Å². The fraction of sp³-hybridized carbons (Fsp3) is 0.357. The summed E-state index contributed by atoms with van der Waals surface area (Å²) in [6, 6.07) is 6.45. The maximum atomic E-state index is 13.5. The number of nitrogens with zero attached hydrogens (tertiary/aromatic N) is 2. The molecule has 0 bridgehead atoms. The molecule has 0 N–H and O–H groups in total. The molecule has 0 amide bonds. The van der Waals surface area contributed by atoms with Crippen molar-refractivity contribution in [2.75, 3.05) is 0 Å². The molecule has 1 aliphatic rings. The second kappa shape index (κ2) is 5.14. The van der Waals surface area contributed by atoms with Crippen LogP contribution in [0.2, 0.25) is 10.2 Å². The zero-order chi connectivity index (χ0) is 13.4. The largest absolute Gasteiger partial charge is 0.222 e. The summed E-state index contributed by atoms with van der Waals surface area (Å²) in [5.74, 6) is 0.0176. The lowest BCUT2D eigenvalue weighted by atomic mass is 10.1. The van der Waals surface area contributed by atoms with Gasteiger partial charge in [0.1, 0.15) is 11.0 Å². The van der Waals surface area contributed by atoms with Crippen LogP contribution in [0.25, 0.3) is 5.69 Å². The first-order chi connectivity index (χ1) is 9.15. The fourth-order valence-corrected chi connectivity index (χ4v) is 2.96. The van der Waals surface area contributed by atoms with E-state index in [0.29, 0.717) is 16.8 Å². The van der Waals surface area contributed by atoms with E-state index in [2.05, 4.69) is 5.10 Å². The van der Waals surface area contributed by atoms with Gasteiger partial charge in [-0.25, -0.2) is 9.07 Å². The molecule has 1 aromatic carbocycles. The topological polar surface area (TPSA) is 17.8 Å². The number of hydrogen-bond acceptors (Lipinski definition) is 1. The number of rotatable bonds is 2. The lowest BCUT2D eigenvalue weighted by molar-refractivity contribution is 0.624. The Morgan fingerprint density at radius 3 is 2.58 bits per heavy atom. The van der Waals surface area contributed by atoms with E-state index in [9.17, 15) is 4.39 Å². The summed E-state index contributed by atoms with van der Waals surface area (Å²) in [6.45, 7) is 0. The molecular weight excluding hydrogens is 286 g/mol. The van der Waals surface area contributed by atoms with Crippen LogP contribution in [-0.4, -0.2) is 9.78 Å². The minimum absolute atomic E-state index is 0.100. The van der Waals surface area contributed by atoms with Gasteiger partial charge in [-0.05, 0) is 31.0 Å². The molecule has 2 aromatic rings. The highest BCUT2D eigenvalue weighted by atomic mass is 35.5. The van der Waals surface area contributed by atoms with Gasteiger partial charge in [-0.2, -0.15) is 5.10 Å². The van der Waals surface area contributed by atoms with Gasteiger partial charge in [0.15, 0.2) is 0 Å². The summed E-state index contributed by atoms with van der Waals surface area (Å²) in [6.07, 6.45) is 4.79. The molecule has 0 radical (unpaired) electrons. The van der Waals surface area contributed by atoms with Gasteiger partial charge in [-0.15, -0.1) is 0 Å². The van der Waals surface area contributed by atoms with Crippen molar-refractivity contribution in [3.05, 3.63) is 46.0 Å². The smallest absolute Gasteiger partial charge is 0.143 e. The van der Waals surface area contributed by atoms with Crippen molar-refractivity contribution in [2.45, 2.75) is 31.6 Å². The molecule has 2 nitrogen and oxygen atoms in total. The molecule has 1 fully saturated rings. The molecule has 0 unspecified atom stereocenters. The quantitative estimate of drug-likeness (QED) is 0.765. The van der Waals surface area contributed by atoms with Gasteiger partial charge in [0.2, 0.25) is 0 Å². The number of benzene rings is 1. The Morgan fingerprint density at radius 1 is 1.16 bits per heavy atom. The summed E-state index contributed by atoms with van der Waals surface area (Å²) in [5.41, 5.74) is 1.59. The Kier molecular flexibility index (Phi) is 3.50. The molecule has 1 saturated carbocycles. The van der Waals surface area contributed by atoms with E-state index in [1.165, 1.54) is 25.0 Å². The van der Waals surface area contributed by atoms with E-state index in [1.54, 1.807) is 10.7 Å². The average molecular weight is 299 g/mol. The van der Waals surface area contributed by atoms with Crippen LogP contribution in [0.1, 0.15) is 37.3 Å². The average Bonchev–Trinajstić information content (AvgIpc) is 3.01. The molecule has 1 aliphatic carbocycles. The highest BCUT2D eigenvalue weighted by Crippen LogP contribution is 2.35. The molecule has 0 saturated heterocycles. The minimum Gasteiger partial charge on any atom is -0.222 e. The Morgan fingerprint density at radius 2 is 1.89 bits per heavy atom. The summed E-state index contributed by atoms with van der Waals surface area (Å²) < 4.78 is 15.1. The van der Waals surface area contributed by atoms with Crippen LogP contribution in [0.15, 0.2) is 24.3 Å². The van der Waals surface area contributed by atoms with Crippen LogP contribution in [0.4, 0.5) is 4.39 Å². The Bertz CT molecular complexity index is 603. The molecule has 3 rings (SSSR count). The predicted octanol–water partition coefficient (Wildman–Crippen LogP) is 4.98. The van der Waals surface area contributed by atoms with E-state index in [4.69, 9.17) is 23.2 Å². The summed E-state index contributed by atoms with van der Waals surface area (Å²) in [4.78, 5) is 0. The second-order valence-electron chi connectivity index (χ2n) is 4.88. The Labute approximate surface area is 121 Å². The number of hydrogen-bond donors (Lipinski definition) is 0. The molecule has 1 aromatic heterocycles. The van der Waals surface area contributed by atoms with Gasteiger partial charge in [-0.1, -0.05) is 36.0 Å². The molecule has 19 heavy (non-hydrogen) atoms. The van der Waals surface area contributed by atoms with Crippen LogP contribution in [-0.2, 0) is 0 Å². The third-order valence-corrected chi connectivity index (χ3v) is 4.18. The zero-order valence-electron chi connectivity index (χ0n) is 10.2. The first-order valence-electron chi connectivity index (χ1n) is 6.36. The van der Waals surface area contributed by atoms with E-state index in [-0.39, 0.29) is 5.02 Å². The summed E-state index contributed by atoms with van der Waals surface area (Å²) in [7, 11) is 0. The van der Waals surface area contributed by atoms with Gasteiger partial charge in [0.05, 0.1) is 16.4 Å². The Hall–Kier alpha value is -1.06. The van der Waals surface area contributed by atoms with E-state index >= 15 is 0 Å². The van der Waals surface area contributed by atoms with Gasteiger partial charge >= 0.3 is 0 Å². The molecule has 0 spiro atoms. The third kappa shape index (κ3) is 2.49. The van der Waals surface area contributed by atoms with Crippen molar-refractivity contribution in [1.82, 2.24) is 9.78 Å². The SMILES string of the molecule is Fc1cc(-n2nc(C3CCCC3)cc2Cl)ccc1Cl. The van der Waals surface area contributed by atoms with E-state index < -0.39 is 5.82 Å². The highest BCUT2D eigenvalue weighted by molar-refractivity contribution is 6.31. The van der Waals surface area contributed by atoms with Gasteiger partial charge in [-0.3, -0.25) is 0 Å². The number of halogens is 3. The monoisotopic (exact) mass is 298 g/mol. The molecular formula is C14H13Cl2FN2. The van der Waals surface area contributed by atoms with Crippen molar-refractivity contribution in [3.63, 3.8) is 0 Å². The molecule has 5 heteroatoms. The Balaban J connectivity index is 1.97. The van der Waals surface area contributed by atoms with Crippen molar-refractivity contribution in [2.24, 2.45) is 0 Å². The van der Waals surface area contributed by atoms with Crippen molar-refractivity contribution in [1.29, 1.82) is 0 Å². The van der Waals surface area contributed by atoms with Crippen molar-refractivity contribution >= 4 is 23.2 Å². The van der Waals surface area contributed by atoms with Crippen LogP contribution >= 0.6 is 23.2 Å². The molecule has 0 aliphatic heterocycles. The maximum absolute atomic E-state index is 13.5. The first-order valence-corrected chi connectivity index (χ1v) is 7.11. The lowest BCUT2D eigenvalue weighted by Crippen LogP contribution is -2.00. The maximum Gasteiger partial charge on any atom is 0.143 e. The summed E-state index contributed by atoms with van der Waals surface area (Å²) >= 11 is 11.9. The standard InChI is InChI=1S/C14H13Cl2FN2/c15-11-6-5-10(7-12(11)17)19-14(16)8-13(18-19)9-3-1-2-4-9/h5-9H,1-4H2. The van der Waals surface area contributed by atoms with Gasteiger partial charge < -0.3 is 0 Å². The van der Waals surface area contributed by atoms with E-state index in [0.717, 1.165) is 18.5 Å². The second-order valence-corrected chi connectivity index (χ2v) is 5.68. The van der Waals surface area contributed by atoms with Crippen molar-refractivity contribution in [3.8, 4) is 5.69 Å². The first kappa shape index (κ1) is 12.9. The van der Waals surface area contributed by atoms with E-state index in [1.807, 2.05) is 6.07 Å². The lowest BCUT2D eigenvalue weighted by Gasteiger charge is -2.05. The predicted molar refractivity (Wildman–Crippen MR) is 74.8 cm³/mol. The minimum atomic E-state index is -0.465. The third-order valence-electron chi connectivity index (χ3n) is 3.61. The van der Waals surface area contributed by atoms with Crippen molar-refractivity contribution < 1.29 is 4.39 Å². The highest BCUT2D eigenvalue weighted by Gasteiger charge is 2.21. The molecule has 1 heterocycles. The summed E-state index contributed by atoms with van der Waals surface area (Å²) in [5, 5.41) is 5.11. The van der Waals surface area contributed by atoms with Gasteiger partial charge in [0, 0.05) is 12.0 Å². The normalized spacial score (nSPS) is 16.2. The van der Waals surface area contributed by atoms with Gasteiger partial charge in [0.25, 0.3) is 0 Å². The zero-order valence-corrected chi connectivity index (χ0v) is 11.8. The molecule has 100 valence electrons. The fourth-order valence-electron chi connectivity index (χ4n) is 2.59. The molecule has 0 atom stereocenters. The van der Waals surface area contributed by atoms with Crippen LogP contribution in [0, 0.1) is 5.82 Å². The number of aromatic nitrogens is 2. The van der Waals surface area contributed by atoms with Crippen LogP contribution in [0.3, 0.4) is 0 Å².